The number of amides is 1. The van der Waals surface area contributed by atoms with Gasteiger partial charge in [-0.3, -0.25) is 14.7 Å². The van der Waals surface area contributed by atoms with Crippen LogP contribution in [0.1, 0.15) is 5.69 Å². The van der Waals surface area contributed by atoms with Crippen LogP contribution in [0, 0.1) is 0 Å². The highest BCUT2D eigenvalue weighted by Gasteiger charge is 2.25. The molecule has 0 unspecified atom stereocenters. The smallest absolute Gasteiger partial charge is 0.244 e. The van der Waals surface area contributed by atoms with Gasteiger partial charge in [0.15, 0.2) is 5.13 Å². The molecule has 3 rings (SSSR count). The van der Waals surface area contributed by atoms with Crippen LogP contribution in [0.25, 0.3) is 10.2 Å². The highest BCUT2D eigenvalue weighted by Crippen LogP contribution is 2.39. The largest absolute Gasteiger partial charge is 0.494 e. The van der Waals surface area contributed by atoms with E-state index in [4.69, 9.17) is 16.3 Å². The number of rotatable bonds is 7. The first kappa shape index (κ1) is 21.4. The van der Waals surface area contributed by atoms with E-state index in [-0.39, 0.29) is 13.1 Å². The number of aromatic nitrogens is 2. The minimum Gasteiger partial charge on any atom is -0.494 e. The highest BCUT2D eigenvalue weighted by molar-refractivity contribution is 7.88. The molecule has 0 spiro atoms. The van der Waals surface area contributed by atoms with Crippen molar-refractivity contribution in [1.82, 2.24) is 14.3 Å². The fourth-order valence-corrected chi connectivity index (χ4v) is 4.15. The molecule has 8 nitrogen and oxygen atoms in total. The Morgan fingerprint density at radius 3 is 2.66 bits per heavy atom. The van der Waals surface area contributed by atoms with Crippen LogP contribution in [-0.4, -0.2) is 55.6 Å². The summed E-state index contributed by atoms with van der Waals surface area (Å²) in [6.07, 6.45) is 2.67. The molecule has 2 heterocycles. The average molecular weight is 455 g/mol. The van der Waals surface area contributed by atoms with Crippen LogP contribution < -0.4 is 9.64 Å². The minimum atomic E-state index is -3.52. The number of anilines is 1. The first-order chi connectivity index (χ1) is 13.7. The monoisotopic (exact) mass is 454 g/mol. The third kappa shape index (κ3) is 4.84. The number of benzene rings is 1. The summed E-state index contributed by atoms with van der Waals surface area (Å²) in [4.78, 5) is 23.2. The van der Waals surface area contributed by atoms with Crippen molar-refractivity contribution in [3.8, 4) is 5.75 Å². The molecule has 0 aliphatic rings. The number of nitrogens with zero attached hydrogens (tertiary/aromatic N) is 4. The normalized spacial score (nSPS) is 11.8. The molecule has 0 fully saturated rings. The topological polar surface area (TPSA) is 92.7 Å². The van der Waals surface area contributed by atoms with E-state index in [1.54, 1.807) is 30.5 Å². The van der Waals surface area contributed by atoms with Crippen molar-refractivity contribution in [1.29, 1.82) is 0 Å². The Labute approximate surface area is 177 Å². The van der Waals surface area contributed by atoms with E-state index in [9.17, 15) is 13.2 Å². The van der Waals surface area contributed by atoms with Gasteiger partial charge in [-0.25, -0.2) is 13.4 Å². The van der Waals surface area contributed by atoms with Crippen LogP contribution in [0.4, 0.5) is 5.13 Å². The zero-order valence-electron chi connectivity index (χ0n) is 16.0. The molecule has 0 saturated carbocycles. The van der Waals surface area contributed by atoms with E-state index < -0.39 is 15.9 Å². The Morgan fingerprint density at radius 2 is 2.03 bits per heavy atom. The zero-order chi connectivity index (χ0) is 21.2. The Bertz CT molecular complexity index is 1140. The fourth-order valence-electron chi connectivity index (χ4n) is 2.53. The first-order valence-electron chi connectivity index (χ1n) is 8.45. The van der Waals surface area contributed by atoms with E-state index >= 15 is 0 Å². The molecule has 0 saturated heterocycles. The zero-order valence-corrected chi connectivity index (χ0v) is 18.4. The summed E-state index contributed by atoms with van der Waals surface area (Å²) in [5.74, 6) is 0.100. The highest BCUT2D eigenvalue weighted by atomic mass is 35.5. The van der Waals surface area contributed by atoms with Crippen molar-refractivity contribution < 1.29 is 17.9 Å². The molecular formula is C18H19ClN4O4S2. The summed E-state index contributed by atoms with van der Waals surface area (Å²) in [6, 6.07) is 8.77. The predicted octanol–water partition coefficient (Wildman–Crippen LogP) is 2.78. The molecule has 0 atom stereocenters. The molecule has 11 heteroatoms. The lowest BCUT2D eigenvalue weighted by atomic mass is 10.3. The number of hydrogen-bond donors (Lipinski definition) is 0. The van der Waals surface area contributed by atoms with Crippen molar-refractivity contribution in [2.75, 3.05) is 31.9 Å². The number of pyridine rings is 1. The summed E-state index contributed by atoms with van der Waals surface area (Å²) in [5.41, 5.74) is 1.18. The molecule has 3 aromatic rings. The summed E-state index contributed by atoms with van der Waals surface area (Å²) >= 11 is 7.53. The number of sulfonamides is 1. The van der Waals surface area contributed by atoms with Crippen LogP contribution in [0.5, 0.6) is 5.75 Å². The summed E-state index contributed by atoms with van der Waals surface area (Å²) in [7, 11) is -0.637. The molecule has 0 aliphatic heterocycles. The molecule has 0 radical (unpaired) electrons. The molecular weight excluding hydrogens is 436 g/mol. The number of carbonyl (C=O) groups excluding carboxylic acids is 1. The second kappa shape index (κ2) is 8.62. The Morgan fingerprint density at radius 1 is 1.28 bits per heavy atom. The van der Waals surface area contributed by atoms with E-state index in [1.165, 1.54) is 30.4 Å². The van der Waals surface area contributed by atoms with Crippen LogP contribution in [0.15, 0.2) is 36.5 Å². The van der Waals surface area contributed by atoms with Gasteiger partial charge in [-0.15, -0.1) is 0 Å². The quantitative estimate of drug-likeness (QED) is 0.545. The van der Waals surface area contributed by atoms with Gasteiger partial charge in [-0.05, 0) is 24.3 Å². The van der Waals surface area contributed by atoms with E-state index in [1.807, 2.05) is 6.07 Å². The maximum atomic E-state index is 13.0. The van der Waals surface area contributed by atoms with Crippen LogP contribution in [-0.2, 0) is 21.4 Å². The minimum absolute atomic E-state index is 0.136. The molecule has 29 heavy (non-hydrogen) atoms. The number of thiazole rings is 1. The predicted molar refractivity (Wildman–Crippen MR) is 114 cm³/mol. The Hall–Kier alpha value is -2.27. The number of ether oxygens (including phenoxy) is 1. The third-order valence-corrected chi connectivity index (χ3v) is 6.97. The van der Waals surface area contributed by atoms with Gasteiger partial charge in [-0.1, -0.05) is 29.0 Å². The molecule has 2 aromatic heterocycles. The average Bonchev–Trinajstić information content (AvgIpc) is 3.12. The lowest BCUT2D eigenvalue weighted by Crippen LogP contribution is -2.40. The molecule has 1 aromatic carbocycles. The molecule has 0 bridgehead atoms. The van der Waals surface area contributed by atoms with Crippen molar-refractivity contribution in [3.05, 3.63) is 47.2 Å². The molecule has 154 valence electrons. The van der Waals surface area contributed by atoms with Crippen LogP contribution in [0.2, 0.25) is 5.02 Å². The fraction of sp³-hybridized carbons (Fsp3) is 0.278. The number of hydrogen-bond acceptors (Lipinski definition) is 7. The van der Waals surface area contributed by atoms with Gasteiger partial charge in [0.1, 0.15) is 11.3 Å². The van der Waals surface area contributed by atoms with Crippen molar-refractivity contribution in [2.24, 2.45) is 0 Å². The second-order valence-corrected chi connectivity index (χ2v) is 9.72. The first-order valence-corrected chi connectivity index (χ1v) is 11.5. The Balaban J connectivity index is 2.04. The SMILES string of the molecule is COc1ccc(Cl)c2sc(N(Cc3ccccn3)C(=O)CN(C)S(C)(=O)=O)nc12. The van der Waals surface area contributed by atoms with Gasteiger partial charge in [-0.2, -0.15) is 4.31 Å². The maximum Gasteiger partial charge on any atom is 0.244 e. The van der Waals surface area contributed by atoms with E-state index in [0.29, 0.717) is 31.8 Å². The molecule has 0 aliphatic carbocycles. The van der Waals surface area contributed by atoms with Gasteiger partial charge in [0.2, 0.25) is 15.9 Å². The number of methoxy groups -OCH3 is 1. The second-order valence-electron chi connectivity index (χ2n) is 6.24. The van der Waals surface area contributed by atoms with E-state index in [2.05, 4.69) is 9.97 Å². The summed E-state index contributed by atoms with van der Waals surface area (Å²) in [6.45, 7) is -0.191. The van der Waals surface area contributed by atoms with E-state index in [0.717, 1.165) is 10.6 Å². The van der Waals surface area contributed by atoms with Gasteiger partial charge < -0.3 is 4.74 Å². The van der Waals surface area contributed by atoms with Crippen LogP contribution >= 0.6 is 22.9 Å². The Kier molecular flexibility index (Phi) is 6.37. The number of likely N-dealkylation sites (N-methyl/N-ethyl adjacent to an activating group) is 1. The summed E-state index contributed by atoms with van der Waals surface area (Å²) < 4.78 is 30.5. The van der Waals surface area contributed by atoms with Crippen molar-refractivity contribution in [3.63, 3.8) is 0 Å². The van der Waals surface area contributed by atoms with Gasteiger partial charge >= 0.3 is 0 Å². The van der Waals surface area contributed by atoms with Crippen molar-refractivity contribution >= 4 is 54.2 Å². The molecule has 1 amide bonds. The number of halogens is 1. The van der Waals surface area contributed by atoms with Crippen LogP contribution in [0.3, 0.4) is 0 Å². The van der Waals surface area contributed by atoms with Gasteiger partial charge in [0.25, 0.3) is 0 Å². The standard InChI is InChI=1S/C18H19ClN4O4S2/c1-22(29(3,25)26)11-15(24)23(10-12-6-4-5-9-20-12)18-21-16-14(27-2)8-7-13(19)17(16)28-18/h4-9H,10-11H2,1-3H3. The lowest BCUT2D eigenvalue weighted by Gasteiger charge is -2.22. The maximum absolute atomic E-state index is 13.0. The van der Waals surface area contributed by atoms with Crippen molar-refractivity contribution in [2.45, 2.75) is 6.54 Å². The number of carbonyl (C=O) groups is 1. The number of fused-ring (bicyclic) bond motifs is 1. The van der Waals surface area contributed by atoms with Gasteiger partial charge in [0, 0.05) is 13.2 Å². The lowest BCUT2D eigenvalue weighted by molar-refractivity contribution is -0.118. The molecule has 0 N–H and O–H groups in total. The summed E-state index contributed by atoms with van der Waals surface area (Å²) in [5, 5.41) is 0.868. The van der Waals surface area contributed by atoms with Gasteiger partial charge in [0.05, 0.1) is 41.9 Å². The third-order valence-electron chi connectivity index (χ3n) is 4.17.